The Bertz CT molecular complexity index is 395. The molecule has 1 N–H and O–H groups in total. The highest BCUT2D eigenvalue weighted by atomic mass is 35.5. The summed E-state index contributed by atoms with van der Waals surface area (Å²) in [6.45, 7) is 4.79. The molecule has 0 aliphatic heterocycles. The van der Waals surface area contributed by atoms with Crippen LogP contribution in [0.3, 0.4) is 0 Å². The Hall–Kier alpha value is -0.940. The summed E-state index contributed by atoms with van der Waals surface area (Å²) >= 11 is 5.81. The van der Waals surface area contributed by atoms with Crippen molar-refractivity contribution >= 4 is 17.3 Å². The van der Waals surface area contributed by atoms with Gasteiger partial charge in [0.2, 0.25) is 0 Å². The number of halogens is 4. The van der Waals surface area contributed by atoms with Gasteiger partial charge in [0.05, 0.1) is 22.9 Å². The number of anilines is 1. The monoisotopic (exact) mass is 281 g/mol. The van der Waals surface area contributed by atoms with Gasteiger partial charge in [-0.1, -0.05) is 11.6 Å². The molecule has 1 unspecified atom stereocenters. The van der Waals surface area contributed by atoms with Gasteiger partial charge in [-0.3, -0.25) is 0 Å². The van der Waals surface area contributed by atoms with E-state index in [-0.39, 0.29) is 11.1 Å². The largest absolute Gasteiger partial charge is 0.416 e. The summed E-state index contributed by atoms with van der Waals surface area (Å²) in [5, 5.41) is 3.05. The van der Waals surface area contributed by atoms with E-state index in [2.05, 4.69) is 5.32 Å². The SMILES string of the molecule is CCOCC(C)Nc1ccc(C(F)(F)F)cc1Cl. The molecule has 1 aromatic carbocycles. The number of hydrogen-bond donors (Lipinski definition) is 1. The molecule has 0 saturated carbocycles. The van der Waals surface area contributed by atoms with E-state index < -0.39 is 11.7 Å². The molecule has 0 saturated heterocycles. The number of nitrogens with one attached hydrogen (secondary N) is 1. The van der Waals surface area contributed by atoms with Crippen molar-refractivity contribution in [3.05, 3.63) is 28.8 Å². The van der Waals surface area contributed by atoms with Gasteiger partial charge < -0.3 is 10.1 Å². The van der Waals surface area contributed by atoms with Crippen molar-refractivity contribution in [1.82, 2.24) is 0 Å². The van der Waals surface area contributed by atoms with Gasteiger partial charge in [0.15, 0.2) is 0 Å². The highest BCUT2D eigenvalue weighted by Gasteiger charge is 2.30. The summed E-state index contributed by atoms with van der Waals surface area (Å²) in [7, 11) is 0. The van der Waals surface area contributed by atoms with Crippen molar-refractivity contribution in [2.24, 2.45) is 0 Å². The maximum absolute atomic E-state index is 12.4. The lowest BCUT2D eigenvalue weighted by Gasteiger charge is -2.17. The molecule has 6 heteroatoms. The summed E-state index contributed by atoms with van der Waals surface area (Å²) in [5.41, 5.74) is -0.285. The minimum atomic E-state index is -4.38. The number of hydrogen-bond acceptors (Lipinski definition) is 2. The first-order chi connectivity index (χ1) is 8.34. The smallest absolute Gasteiger partial charge is 0.380 e. The molecule has 102 valence electrons. The van der Waals surface area contributed by atoms with Gasteiger partial charge in [-0.25, -0.2) is 0 Å². The van der Waals surface area contributed by atoms with Crippen LogP contribution < -0.4 is 5.32 Å². The normalized spacial score (nSPS) is 13.4. The molecule has 18 heavy (non-hydrogen) atoms. The van der Waals surface area contributed by atoms with Crippen molar-refractivity contribution in [3.63, 3.8) is 0 Å². The first kappa shape index (κ1) is 15.1. The summed E-state index contributed by atoms with van der Waals surface area (Å²) < 4.78 is 42.5. The van der Waals surface area contributed by atoms with Crippen molar-refractivity contribution in [2.75, 3.05) is 18.5 Å². The van der Waals surface area contributed by atoms with E-state index in [0.717, 1.165) is 12.1 Å². The molecule has 2 nitrogen and oxygen atoms in total. The fraction of sp³-hybridized carbons (Fsp3) is 0.500. The quantitative estimate of drug-likeness (QED) is 0.873. The zero-order chi connectivity index (χ0) is 13.8. The summed E-state index contributed by atoms with van der Waals surface area (Å²) in [6, 6.07) is 3.21. The highest BCUT2D eigenvalue weighted by Crippen LogP contribution is 2.33. The summed E-state index contributed by atoms with van der Waals surface area (Å²) in [4.78, 5) is 0. The van der Waals surface area contributed by atoms with Gasteiger partial charge in [-0.15, -0.1) is 0 Å². The van der Waals surface area contributed by atoms with E-state index in [0.29, 0.717) is 18.9 Å². The Morgan fingerprint density at radius 3 is 2.56 bits per heavy atom. The molecule has 0 spiro atoms. The van der Waals surface area contributed by atoms with E-state index in [1.54, 1.807) is 0 Å². The van der Waals surface area contributed by atoms with Gasteiger partial charge in [0, 0.05) is 12.6 Å². The lowest BCUT2D eigenvalue weighted by molar-refractivity contribution is -0.137. The highest BCUT2D eigenvalue weighted by molar-refractivity contribution is 6.33. The second-order valence-corrected chi connectivity index (χ2v) is 4.30. The maximum atomic E-state index is 12.4. The zero-order valence-electron chi connectivity index (χ0n) is 10.1. The molecule has 0 bridgehead atoms. The van der Waals surface area contributed by atoms with E-state index in [1.165, 1.54) is 6.07 Å². The Morgan fingerprint density at radius 2 is 2.06 bits per heavy atom. The molecule has 1 rings (SSSR count). The lowest BCUT2D eigenvalue weighted by atomic mass is 10.2. The van der Waals surface area contributed by atoms with Gasteiger partial charge in [-0.05, 0) is 32.0 Å². The lowest BCUT2D eigenvalue weighted by Crippen LogP contribution is -2.22. The first-order valence-electron chi connectivity index (χ1n) is 5.55. The number of alkyl halides is 3. The molecule has 1 aromatic rings. The summed E-state index contributed by atoms with van der Waals surface area (Å²) in [5.74, 6) is 0. The molecule has 0 aliphatic rings. The van der Waals surface area contributed by atoms with Crippen molar-refractivity contribution in [2.45, 2.75) is 26.1 Å². The number of rotatable bonds is 5. The third-order valence-electron chi connectivity index (χ3n) is 2.27. The van der Waals surface area contributed by atoms with Crippen LogP contribution in [0.2, 0.25) is 5.02 Å². The van der Waals surface area contributed by atoms with Crippen LogP contribution in [0.25, 0.3) is 0 Å². The standard InChI is InChI=1S/C12H15ClF3NO/c1-3-18-7-8(2)17-11-5-4-9(6-10(11)13)12(14,15)16/h4-6,8,17H,3,7H2,1-2H3. The van der Waals surface area contributed by atoms with Gasteiger partial charge in [0.25, 0.3) is 0 Å². The van der Waals surface area contributed by atoms with Crippen LogP contribution in [0.4, 0.5) is 18.9 Å². The van der Waals surface area contributed by atoms with Crippen molar-refractivity contribution < 1.29 is 17.9 Å². The minimum absolute atomic E-state index is 0.0285. The predicted molar refractivity (Wildman–Crippen MR) is 66.0 cm³/mol. The average molecular weight is 282 g/mol. The van der Waals surface area contributed by atoms with Crippen LogP contribution in [0.5, 0.6) is 0 Å². The number of ether oxygens (including phenoxy) is 1. The Balaban J connectivity index is 2.74. The fourth-order valence-electron chi connectivity index (χ4n) is 1.41. The minimum Gasteiger partial charge on any atom is -0.380 e. The second kappa shape index (κ2) is 6.29. The third-order valence-corrected chi connectivity index (χ3v) is 2.58. The molecule has 0 heterocycles. The van der Waals surface area contributed by atoms with Gasteiger partial charge in [0.1, 0.15) is 0 Å². The molecule has 0 amide bonds. The second-order valence-electron chi connectivity index (χ2n) is 3.90. The Morgan fingerprint density at radius 1 is 1.39 bits per heavy atom. The van der Waals surface area contributed by atoms with Crippen LogP contribution in [0.1, 0.15) is 19.4 Å². The van der Waals surface area contributed by atoms with E-state index >= 15 is 0 Å². The topological polar surface area (TPSA) is 21.3 Å². The van der Waals surface area contributed by atoms with Crippen LogP contribution >= 0.6 is 11.6 Å². The molecular weight excluding hydrogens is 267 g/mol. The molecule has 0 radical (unpaired) electrons. The van der Waals surface area contributed by atoms with E-state index in [4.69, 9.17) is 16.3 Å². The molecule has 1 atom stereocenters. The van der Waals surface area contributed by atoms with E-state index in [9.17, 15) is 13.2 Å². The molecule has 0 fully saturated rings. The van der Waals surface area contributed by atoms with Crippen LogP contribution in [0.15, 0.2) is 18.2 Å². The van der Waals surface area contributed by atoms with E-state index in [1.807, 2.05) is 13.8 Å². The molecular formula is C12H15ClF3NO. The third kappa shape index (κ3) is 4.38. The molecule has 0 aromatic heterocycles. The Labute approximate surface area is 109 Å². The van der Waals surface area contributed by atoms with Crippen LogP contribution in [-0.4, -0.2) is 19.3 Å². The first-order valence-corrected chi connectivity index (χ1v) is 5.93. The molecule has 0 aliphatic carbocycles. The van der Waals surface area contributed by atoms with Crippen LogP contribution in [0, 0.1) is 0 Å². The average Bonchev–Trinajstić information content (AvgIpc) is 2.27. The van der Waals surface area contributed by atoms with Gasteiger partial charge >= 0.3 is 6.18 Å². The maximum Gasteiger partial charge on any atom is 0.416 e. The van der Waals surface area contributed by atoms with Crippen molar-refractivity contribution in [3.8, 4) is 0 Å². The van der Waals surface area contributed by atoms with Crippen LogP contribution in [-0.2, 0) is 10.9 Å². The van der Waals surface area contributed by atoms with Crippen molar-refractivity contribution in [1.29, 1.82) is 0 Å². The van der Waals surface area contributed by atoms with Gasteiger partial charge in [-0.2, -0.15) is 13.2 Å². The fourth-order valence-corrected chi connectivity index (χ4v) is 1.65. The number of benzene rings is 1. The zero-order valence-corrected chi connectivity index (χ0v) is 10.9. The summed E-state index contributed by atoms with van der Waals surface area (Å²) in [6.07, 6.45) is -4.38. The Kier molecular flexibility index (Phi) is 5.28. The predicted octanol–water partition coefficient (Wildman–Crippen LogP) is 4.20.